The van der Waals surface area contributed by atoms with Gasteiger partial charge in [-0.25, -0.2) is 4.39 Å². The van der Waals surface area contributed by atoms with Crippen LogP contribution in [0.1, 0.15) is 25.5 Å². The Morgan fingerprint density at radius 3 is 2.67 bits per heavy atom. The summed E-state index contributed by atoms with van der Waals surface area (Å²) in [7, 11) is 0. The Balaban J connectivity index is 2.37. The molecule has 0 radical (unpaired) electrons. The minimum Gasteiger partial charge on any atom is -0.356 e. The molecule has 0 aliphatic heterocycles. The molecular weight excluding hydrogens is 193 g/mol. The smallest absolute Gasteiger partial charge is 0.167 e. The van der Waals surface area contributed by atoms with Gasteiger partial charge in [-0.15, -0.1) is 0 Å². The van der Waals surface area contributed by atoms with Crippen molar-refractivity contribution in [3.05, 3.63) is 41.8 Å². The van der Waals surface area contributed by atoms with E-state index in [0.717, 1.165) is 11.3 Å². The first-order valence-corrected chi connectivity index (χ1v) is 4.89. The monoisotopic (exact) mass is 205 g/mol. The second-order valence-electron chi connectivity index (χ2n) is 3.78. The van der Waals surface area contributed by atoms with Gasteiger partial charge in [0.1, 0.15) is 5.82 Å². The van der Waals surface area contributed by atoms with Gasteiger partial charge in [0.2, 0.25) is 0 Å². The second-order valence-corrected chi connectivity index (χ2v) is 3.78. The Morgan fingerprint density at radius 1 is 1.27 bits per heavy atom. The van der Waals surface area contributed by atoms with Gasteiger partial charge in [0, 0.05) is 11.6 Å². The number of benzene rings is 1. The van der Waals surface area contributed by atoms with Crippen LogP contribution in [0.3, 0.4) is 0 Å². The Hall–Kier alpha value is -1.64. The van der Waals surface area contributed by atoms with Gasteiger partial charge < -0.3 is 4.52 Å². The molecule has 0 fully saturated rings. The van der Waals surface area contributed by atoms with E-state index in [1.165, 1.54) is 12.1 Å². The van der Waals surface area contributed by atoms with E-state index in [-0.39, 0.29) is 5.82 Å². The van der Waals surface area contributed by atoms with Crippen molar-refractivity contribution >= 4 is 0 Å². The van der Waals surface area contributed by atoms with Gasteiger partial charge in [-0.2, -0.15) is 0 Å². The summed E-state index contributed by atoms with van der Waals surface area (Å²) in [5.41, 5.74) is 1.60. The van der Waals surface area contributed by atoms with Crippen LogP contribution in [0.25, 0.3) is 11.3 Å². The van der Waals surface area contributed by atoms with Crippen LogP contribution in [0.15, 0.2) is 34.9 Å². The first-order chi connectivity index (χ1) is 7.16. The molecule has 0 saturated carbocycles. The molecule has 0 unspecified atom stereocenters. The summed E-state index contributed by atoms with van der Waals surface area (Å²) in [6, 6.07) is 8.14. The number of hydrogen-bond donors (Lipinski definition) is 0. The van der Waals surface area contributed by atoms with Crippen LogP contribution in [0, 0.1) is 5.82 Å². The predicted octanol–water partition coefficient (Wildman–Crippen LogP) is 3.60. The molecule has 1 aromatic heterocycles. The van der Waals surface area contributed by atoms with Gasteiger partial charge in [0.25, 0.3) is 0 Å². The molecule has 0 aliphatic rings. The third-order valence-corrected chi connectivity index (χ3v) is 2.23. The minimum atomic E-state index is -0.269. The van der Waals surface area contributed by atoms with E-state index in [0.29, 0.717) is 11.7 Å². The molecule has 2 rings (SSSR count). The molecule has 0 atom stereocenters. The topological polar surface area (TPSA) is 26.0 Å². The molecule has 78 valence electrons. The van der Waals surface area contributed by atoms with Gasteiger partial charge in [-0.1, -0.05) is 31.1 Å². The molecule has 0 saturated heterocycles. The van der Waals surface area contributed by atoms with Crippen molar-refractivity contribution in [3.63, 3.8) is 0 Å². The van der Waals surface area contributed by atoms with Crippen molar-refractivity contribution in [2.24, 2.45) is 0 Å². The van der Waals surface area contributed by atoms with E-state index >= 15 is 0 Å². The third-order valence-electron chi connectivity index (χ3n) is 2.23. The van der Waals surface area contributed by atoms with E-state index in [1.54, 1.807) is 12.1 Å². The maximum atomic E-state index is 13.0. The zero-order chi connectivity index (χ0) is 10.8. The quantitative estimate of drug-likeness (QED) is 0.748. The third kappa shape index (κ3) is 2.06. The fraction of sp³-hybridized carbons (Fsp3) is 0.250. The van der Waals surface area contributed by atoms with Crippen molar-refractivity contribution in [2.75, 3.05) is 0 Å². The highest BCUT2D eigenvalue weighted by molar-refractivity contribution is 5.57. The van der Waals surface area contributed by atoms with Gasteiger partial charge in [0.05, 0.1) is 5.69 Å². The van der Waals surface area contributed by atoms with Crippen molar-refractivity contribution in [1.29, 1.82) is 0 Å². The normalized spacial score (nSPS) is 10.9. The molecule has 2 aromatic rings. The fourth-order valence-electron chi connectivity index (χ4n) is 1.34. The summed E-state index contributed by atoms with van der Waals surface area (Å²) in [4.78, 5) is 0. The molecule has 0 bridgehead atoms. The second kappa shape index (κ2) is 3.85. The average molecular weight is 205 g/mol. The summed E-state index contributed by atoms with van der Waals surface area (Å²) >= 11 is 0. The van der Waals surface area contributed by atoms with Crippen LogP contribution in [0.5, 0.6) is 0 Å². The molecule has 1 heterocycles. The Kier molecular flexibility index (Phi) is 2.54. The number of halogens is 1. The molecule has 0 aliphatic carbocycles. The molecule has 1 aromatic carbocycles. The molecule has 0 amide bonds. The summed E-state index contributed by atoms with van der Waals surface area (Å²) in [6.07, 6.45) is 0. The molecular formula is C12H12FNO. The van der Waals surface area contributed by atoms with Crippen molar-refractivity contribution in [3.8, 4) is 11.3 Å². The van der Waals surface area contributed by atoms with Gasteiger partial charge in [-0.05, 0) is 18.1 Å². The van der Waals surface area contributed by atoms with Crippen LogP contribution in [0.2, 0.25) is 0 Å². The number of hydrogen-bond acceptors (Lipinski definition) is 2. The van der Waals surface area contributed by atoms with Crippen molar-refractivity contribution < 1.29 is 8.91 Å². The van der Waals surface area contributed by atoms with Gasteiger partial charge in [-0.3, -0.25) is 0 Å². The predicted molar refractivity (Wildman–Crippen MR) is 56.0 cm³/mol. The Labute approximate surface area is 87.7 Å². The molecule has 0 N–H and O–H groups in total. The zero-order valence-corrected chi connectivity index (χ0v) is 8.70. The lowest BCUT2D eigenvalue weighted by Crippen LogP contribution is -1.84. The lowest BCUT2D eigenvalue weighted by molar-refractivity contribution is 0.419. The van der Waals surface area contributed by atoms with Gasteiger partial charge in [0.15, 0.2) is 5.76 Å². The molecule has 15 heavy (non-hydrogen) atoms. The maximum Gasteiger partial charge on any atom is 0.167 e. The van der Waals surface area contributed by atoms with Crippen LogP contribution in [-0.2, 0) is 0 Å². The molecule has 3 heteroatoms. The average Bonchev–Trinajstić information content (AvgIpc) is 2.66. The highest BCUT2D eigenvalue weighted by atomic mass is 19.1. The first-order valence-electron chi connectivity index (χ1n) is 4.89. The van der Waals surface area contributed by atoms with Crippen LogP contribution < -0.4 is 0 Å². The largest absolute Gasteiger partial charge is 0.356 e. The van der Waals surface area contributed by atoms with E-state index in [2.05, 4.69) is 5.16 Å². The summed E-state index contributed by atoms with van der Waals surface area (Å²) in [5.74, 6) is 0.657. The Morgan fingerprint density at radius 2 is 2.07 bits per heavy atom. The van der Waals surface area contributed by atoms with Crippen LogP contribution >= 0.6 is 0 Å². The van der Waals surface area contributed by atoms with E-state index in [9.17, 15) is 4.39 Å². The summed E-state index contributed by atoms with van der Waals surface area (Å²) in [6.45, 7) is 4.07. The maximum absolute atomic E-state index is 13.0. The number of aromatic nitrogens is 1. The molecule has 2 nitrogen and oxygen atoms in total. The van der Waals surface area contributed by atoms with E-state index in [1.807, 2.05) is 19.9 Å². The zero-order valence-electron chi connectivity index (χ0n) is 8.70. The fourth-order valence-corrected chi connectivity index (χ4v) is 1.34. The van der Waals surface area contributed by atoms with Crippen LogP contribution in [0.4, 0.5) is 4.39 Å². The van der Waals surface area contributed by atoms with E-state index in [4.69, 9.17) is 4.52 Å². The summed E-state index contributed by atoms with van der Waals surface area (Å²) < 4.78 is 18.1. The van der Waals surface area contributed by atoms with Gasteiger partial charge >= 0.3 is 0 Å². The lowest BCUT2D eigenvalue weighted by Gasteiger charge is -1.95. The van der Waals surface area contributed by atoms with Crippen molar-refractivity contribution in [2.45, 2.75) is 19.8 Å². The SMILES string of the molecule is CC(C)c1cc(-c2cccc(F)c2)on1. The highest BCUT2D eigenvalue weighted by Crippen LogP contribution is 2.23. The highest BCUT2D eigenvalue weighted by Gasteiger charge is 2.09. The lowest BCUT2D eigenvalue weighted by atomic mass is 10.1. The van der Waals surface area contributed by atoms with Crippen LogP contribution in [-0.4, -0.2) is 5.16 Å². The number of nitrogens with zero attached hydrogens (tertiary/aromatic N) is 1. The minimum absolute atomic E-state index is 0.269. The number of rotatable bonds is 2. The first kappa shape index (κ1) is 9.90. The Bertz CT molecular complexity index is 462. The summed E-state index contributed by atoms with van der Waals surface area (Å²) in [5, 5.41) is 3.92. The van der Waals surface area contributed by atoms with Crippen molar-refractivity contribution in [1.82, 2.24) is 5.16 Å². The molecule has 0 spiro atoms. The van der Waals surface area contributed by atoms with E-state index < -0.39 is 0 Å². The standard InChI is InChI=1S/C12H12FNO/c1-8(2)11-7-12(15-14-11)9-4-3-5-10(13)6-9/h3-8H,1-2H3.